The van der Waals surface area contributed by atoms with Crippen LogP contribution in [0, 0.1) is 18.6 Å². The van der Waals surface area contributed by atoms with Crippen LogP contribution in [0.5, 0.6) is 0 Å². The predicted molar refractivity (Wildman–Crippen MR) is 187 cm³/mol. The van der Waals surface area contributed by atoms with Crippen molar-refractivity contribution in [1.29, 1.82) is 0 Å². The monoisotopic (exact) mass is 712 g/mol. The summed E-state index contributed by atoms with van der Waals surface area (Å²) in [4.78, 5) is 55.3. The van der Waals surface area contributed by atoms with Crippen LogP contribution in [0.2, 0.25) is 0 Å². The molecular weight excluding hydrogens is 674 g/mol. The van der Waals surface area contributed by atoms with Gasteiger partial charge < -0.3 is 26.2 Å². The van der Waals surface area contributed by atoms with Crippen molar-refractivity contribution in [3.8, 4) is 0 Å². The third-order valence-corrected chi connectivity index (χ3v) is 8.30. The highest BCUT2D eigenvalue weighted by Gasteiger charge is 2.30. The number of nitrogens with zero attached hydrogens (tertiary/aromatic N) is 3. The number of aromatic nitrogens is 3. The van der Waals surface area contributed by atoms with Crippen LogP contribution in [0.3, 0.4) is 0 Å². The highest BCUT2D eigenvalue weighted by atomic mass is 19.2. The lowest BCUT2D eigenvalue weighted by molar-refractivity contribution is 0.00681. The second-order valence-corrected chi connectivity index (χ2v) is 13.1. The van der Waals surface area contributed by atoms with Crippen molar-refractivity contribution >= 4 is 29.4 Å². The van der Waals surface area contributed by atoms with Crippen LogP contribution in [0.25, 0.3) is 5.65 Å². The quantitative estimate of drug-likeness (QED) is 0.152. The molecule has 3 aromatic carbocycles. The maximum absolute atomic E-state index is 13.6. The smallest absolute Gasteiger partial charge is 0.341 e. The molecule has 12 nitrogen and oxygen atoms in total. The molecule has 0 saturated heterocycles. The van der Waals surface area contributed by atoms with Crippen LogP contribution >= 0.6 is 0 Å². The summed E-state index contributed by atoms with van der Waals surface area (Å²) in [6.07, 6.45) is 2.16. The van der Waals surface area contributed by atoms with Gasteiger partial charge in [-0.3, -0.25) is 9.59 Å². The second-order valence-electron chi connectivity index (χ2n) is 13.1. The van der Waals surface area contributed by atoms with Crippen LogP contribution in [-0.4, -0.2) is 49.1 Å². The summed E-state index contributed by atoms with van der Waals surface area (Å²) in [5.74, 6) is -5.33. The Kier molecular flexibility index (Phi) is 11.1. The average Bonchev–Trinajstić information content (AvgIpc) is 3.73. The number of ether oxygens (including phenoxy) is 1. The number of esters is 1. The summed E-state index contributed by atoms with van der Waals surface area (Å²) in [7, 11) is 0. The number of amides is 2. The van der Waals surface area contributed by atoms with Gasteiger partial charge in [-0.05, 0) is 86.6 Å². The van der Waals surface area contributed by atoms with E-state index in [0.29, 0.717) is 24.9 Å². The van der Waals surface area contributed by atoms with Gasteiger partial charge in [-0.1, -0.05) is 42.5 Å². The fourth-order valence-corrected chi connectivity index (χ4v) is 5.74. The first kappa shape index (κ1) is 37.2. The van der Waals surface area contributed by atoms with Crippen molar-refractivity contribution in [3.05, 3.63) is 135 Å². The molecule has 52 heavy (non-hydrogen) atoms. The molecule has 0 saturated carbocycles. The zero-order valence-electron chi connectivity index (χ0n) is 29.0. The molecular formula is C38H38F2N6O6. The fourth-order valence-electron chi connectivity index (χ4n) is 5.74. The van der Waals surface area contributed by atoms with E-state index in [1.165, 1.54) is 17.7 Å². The molecule has 270 valence electrons. The molecule has 0 fully saturated rings. The van der Waals surface area contributed by atoms with Gasteiger partial charge in [-0.25, -0.2) is 27.9 Å². The van der Waals surface area contributed by atoms with E-state index < -0.39 is 47.0 Å². The molecule has 5 N–H and O–H groups in total. The second kappa shape index (κ2) is 15.5. The standard InChI is InChI=1S/C31H29F2N5O6.C7H9N/c1-15-17-8-10-23(19(17)7-6-18(15)30(43)44-31(2,3)4)37-28(40)25-12-24(36-26-20(29(41)42)14-35-38(25)26)27(39)34-13-16-5-9-21(32)22(33)11-16;8-6-7-4-2-1-3-5-7/h5-7,9,11-12,14,23H,8,10,13H2,1-4H3,(H,34,39)(H,37,40)(H,41,42);1-5H,6,8H2/t23-;/m0./s1. The van der Waals surface area contributed by atoms with E-state index in [1.54, 1.807) is 32.9 Å². The van der Waals surface area contributed by atoms with E-state index in [0.717, 1.165) is 39.5 Å². The lowest BCUT2D eigenvalue weighted by Gasteiger charge is -2.21. The Bertz CT molecular complexity index is 2160. The van der Waals surface area contributed by atoms with Gasteiger partial charge in [0.05, 0.1) is 17.8 Å². The van der Waals surface area contributed by atoms with Gasteiger partial charge in [0.15, 0.2) is 17.3 Å². The summed E-state index contributed by atoms with van der Waals surface area (Å²) >= 11 is 0. The average molecular weight is 713 g/mol. The molecule has 5 aromatic rings. The minimum atomic E-state index is -1.36. The molecule has 2 amide bonds. The Morgan fingerprint density at radius 2 is 1.69 bits per heavy atom. The van der Waals surface area contributed by atoms with E-state index in [2.05, 4.69) is 20.7 Å². The number of nitrogens with two attached hydrogens (primary N) is 1. The Labute approximate surface area is 298 Å². The molecule has 14 heteroatoms. The Balaban J connectivity index is 0.000000577. The predicted octanol–water partition coefficient (Wildman–Crippen LogP) is 5.46. The van der Waals surface area contributed by atoms with Crippen molar-refractivity contribution < 1.29 is 37.8 Å². The van der Waals surface area contributed by atoms with E-state index in [9.17, 15) is 33.1 Å². The van der Waals surface area contributed by atoms with Crippen molar-refractivity contribution in [1.82, 2.24) is 25.2 Å². The number of hydrogen-bond acceptors (Lipinski definition) is 8. The van der Waals surface area contributed by atoms with Gasteiger partial charge in [0.1, 0.15) is 22.6 Å². The van der Waals surface area contributed by atoms with Gasteiger partial charge >= 0.3 is 11.9 Å². The van der Waals surface area contributed by atoms with Gasteiger partial charge in [-0.15, -0.1) is 0 Å². The first-order valence-corrected chi connectivity index (χ1v) is 16.4. The molecule has 1 aliphatic carbocycles. The lowest BCUT2D eigenvalue weighted by atomic mass is 9.97. The van der Waals surface area contributed by atoms with Crippen molar-refractivity contribution in [2.24, 2.45) is 5.73 Å². The van der Waals surface area contributed by atoms with Crippen LogP contribution in [0.4, 0.5) is 8.78 Å². The number of carbonyl (C=O) groups is 4. The van der Waals surface area contributed by atoms with E-state index in [-0.39, 0.29) is 34.7 Å². The van der Waals surface area contributed by atoms with E-state index in [4.69, 9.17) is 10.5 Å². The van der Waals surface area contributed by atoms with Crippen LogP contribution in [-0.2, 0) is 24.2 Å². The van der Waals surface area contributed by atoms with Gasteiger partial charge in [0, 0.05) is 19.2 Å². The summed E-state index contributed by atoms with van der Waals surface area (Å²) < 4.78 is 33.4. The first-order chi connectivity index (χ1) is 24.7. The summed E-state index contributed by atoms with van der Waals surface area (Å²) in [6, 6.07) is 17.3. The van der Waals surface area contributed by atoms with E-state index >= 15 is 0 Å². The third kappa shape index (κ3) is 8.46. The summed E-state index contributed by atoms with van der Waals surface area (Å²) in [5, 5.41) is 19.1. The number of benzene rings is 3. The molecule has 0 unspecified atom stereocenters. The highest BCUT2D eigenvalue weighted by molar-refractivity contribution is 6.01. The molecule has 0 radical (unpaired) electrons. The number of carboxylic acids is 1. The maximum atomic E-state index is 13.6. The number of hydrogen-bond donors (Lipinski definition) is 4. The lowest BCUT2D eigenvalue weighted by Crippen LogP contribution is -2.31. The third-order valence-electron chi connectivity index (χ3n) is 8.30. The summed E-state index contributed by atoms with van der Waals surface area (Å²) in [6.45, 7) is 7.65. The molecule has 0 aliphatic heterocycles. The number of fused-ring (bicyclic) bond motifs is 2. The topological polar surface area (TPSA) is 178 Å². The molecule has 1 aliphatic rings. The number of nitrogens with one attached hydrogen (secondary N) is 2. The normalized spacial score (nSPS) is 13.5. The maximum Gasteiger partial charge on any atom is 0.341 e. The molecule has 2 aromatic heterocycles. The minimum absolute atomic E-state index is 0.143. The number of carbonyl (C=O) groups excluding carboxylic acids is 3. The highest BCUT2D eigenvalue weighted by Crippen LogP contribution is 2.35. The number of carboxylic acid groups (broad SMARTS) is 1. The minimum Gasteiger partial charge on any atom is -0.477 e. The van der Waals surface area contributed by atoms with Crippen molar-refractivity contribution in [2.75, 3.05) is 0 Å². The van der Waals surface area contributed by atoms with Crippen molar-refractivity contribution in [2.45, 2.75) is 65.3 Å². The van der Waals surface area contributed by atoms with Crippen molar-refractivity contribution in [3.63, 3.8) is 0 Å². The van der Waals surface area contributed by atoms with Gasteiger partial charge in [0.2, 0.25) is 0 Å². The van der Waals surface area contributed by atoms with Crippen LogP contribution in [0.15, 0.2) is 72.9 Å². The molecule has 2 heterocycles. The zero-order valence-corrected chi connectivity index (χ0v) is 29.0. The number of rotatable bonds is 8. The molecule has 0 bridgehead atoms. The molecule has 6 rings (SSSR count). The van der Waals surface area contributed by atoms with Crippen LogP contribution in [0.1, 0.15) is 103 Å². The van der Waals surface area contributed by atoms with Gasteiger partial charge in [-0.2, -0.15) is 5.10 Å². The molecule has 0 spiro atoms. The largest absolute Gasteiger partial charge is 0.477 e. The first-order valence-electron chi connectivity index (χ1n) is 16.4. The fraction of sp³-hybridized carbons (Fsp3) is 0.263. The Morgan fingerprint density at radius 3 is 2.33 bits per heavy atom. The Hall–Kier alpha value is -6.02. The molecule has 1 atom stereocenters. The number of halogens is 2. The van der Waals surface area contributed by atoms with E-state index in [1.807, 2.05) is 37.3 Å². The number of aromatic carboxylic acids is 1. The summed E-state index contributed by atoms with van der Waals surface area (Å²) in [5.41, 5.74) is 8.13. The van der Waals surface area contributed by atoms with Crippen LogP contribution < -0.4 is 16.4 Å². The Morgan fingerprint density at radius 1 is 0.962 bits per heavy atom. The zero-order chi connectivity index (χ0) is 37.7. The van der Waals surface area contributed by atoms with Gasteiger partial charge in [0.25, 0.3) is 11.8 Å². The SMILES string of the molecule is Cc1c(C(=O)OC(C)(C)C)ccc2c1CC[C@@H]2NC(=O)c1cc(C(=O)NCc2ccc(F)c(F)c2)nc2c(C(=O)O)cnn12.NCc1ccccc1.